The van der Waals surface area contributed by atoms with Crippen LogP contribution in [0.2, 0.25) is 0 Å². The molecule has 0 aliphatic carbocycles. The molecule has 2 aromatic rings. The maximum absolute atomic E-state index is 13.5. The van der Waals surface area contributed by atoms with E-state index in [0.29, 0.717) is 11.4 Å². The van der Waals surface area contributed by atoms with Crippen LogP contribution in [0.5, 0.6) is 0 Å². The monoisotopic (exact) mass is 415 g/mol. The lowest BCUT2D eigenvalue weighted by Gasteiger charge is -2.34. The number of sulfonamides is 1. The van der Waals surface area contributed by atoms with Crippen molar-refractivity contribution in [3.63, 3.8) is 0 Å². The number of pyridine rings is 1. The molecular formula is C23H33N3O2S. The molecule has 6 heteroatoms. The summed E-state index contributed by atoms with van der Waals surface area (Å²) in [6.45, 7) is 8.68. The van der Waals surface area contributed by atoms with E-state index in [1.54, 1.807) is 28.8 Å². The summed E-state index contributed by atoms with van der Waals surface area (Å²) in [6.07, 6.45) is 6.93. The smallest absolute Gasteiger partial charge is 0.243 e. The normalized spacial score (nSPS) is 16.3. The van der Waals surface area contributed by atoms with E-state index < -0.39 is 10.0 Å². The van der Waals surface area contributed by atoms with Gasteiger partial charge in [0, 0.05) is 25.0 Å². The standard InChI is InChI=1S/C23H33N3O2S/c1-23(2,3)20-6-8-22(9-7-20)29(27,28)26(21-12-16-25-17-13-21)18-4-5-19-10-14-24-15-11-19/h6-11,14-15,21,25H,4-5,12-13,16-18H2,1-3H3. The first-order chi connectivity index (χ1) is 13.8. The topological polar surface area (TPSA) is 62.3 Å². The van der Waals surface area contributed by atoms with Gasteiger partial charge in [0.2, 0.25) is 10.0 Å². The molecule has 1 aliphatic rings. The van der Waals surface area contributed by atoms with Gasteiger partial charge in [-0.2, -0.15) is 4.31 Å². The number of hydrogen-bond acceptors (Lipinski definition) is 4. The average Bonchev–Trinajstić information content (AvgIpc) is 2.72. The van der Waals surface area contributed by atoms with Crippen molar-refractivity contribution in [3.05, 3.63) is 59.9 Å². The molecule has 5 nitrogen and oxygen atoms in total. The van der Waals surface area contributed by atoms with Gasteiger partial charge in [-0.25, -0.2) is 8.42 Å². The highest BCUT2D eigenvalue weighted by Crippen LogP contribution is 2.27. The van der Waals surface area contributed by atoms with E-state index in [2.05, 4.69) is 31.1 Å². The first kappa shape index (κ1) is 21.9. The van der Waals surface area contributed by atoms with E-state index in [0.717, 1.165) is 44.3 Å². The third kappa shape index (κ3) is 5.65. The zero-order chi connectivity index (χ0) is 20.9. The summed E-state index contributed by atoms with van der Waals surface area (Å²) in [5, 5.41) is 3.34. The highest BCUT2D eigenvalue weighted by Gasteiger charge is 2.32. The molecule has 1 saturated heterocycles. The maximum atomic E-state index is 13.5. The molecule has 0 atom stereocenters. The van der Waals surface area contributed by atoms with Crippen LogP contribution in [-0.4, -0.2) is 43.4 Å². The molecule has 1 fully saturated rings. The molecule has 158 valence electrons. The van der Waals surface area contributed by atoms with E-state index in [-0.39, 0.29) is 11.5 Å². The van der Waals surface area contributed by atoms with Crippen LogP contribution < -0.4 is 5.32 Å². The fourth-order valence-electron chi connectivity index (χ4n) is 3.84. The van der Waals surface area contributed by atoms with E-state index >= 15 is 0 Å². The Hall–Kier alpha value is -1.76. The molecule has 2 heterocycles. The molecule has 3 rings (SSSR count). The predicted molar refractivity (Wildman–Crippen MR) is 117 cm³/mol. The molecule has 0 spiro atoms. The van der Waals surface area contributed by atoms with Gasteiger partial charge in [0.15, 0.2) is 0 Å². The van der Waals surface area contributed by atoms with E-state index in [4.69, 9.17) is 0 Å². The third-order valence-corrected chi connectivity index (χ3v) is 7.60. The fraction of sp³-hybridized carbons (Fsp3) is 0.522. The number of aromatic nitrogens is 1. The molecule has 0 unspecified atom stereocenters. The summed E-state index contributed by atoms with van der Waals surface area (Å²) in [5.74, 6) is 0. The quantitative estimate of drug-likeness (QED) is 0.748. The number of nitrogens with zero attached hydrogens (tertiary/aromatic N) is 2. The molecule has 1 aromatic carbocycles. The minimum Gasteiger partial charge on any atom is -0.317 e. The summed E-state index contributed by atoms with van der Waals surface area (Å²) in [4.78, 5) is 4.45. The van der Waals surface area contributed by atoms with Crippen LogP contribution in [0.1, 0.15) is 51.2 Å². The zero-order valence-corrected chi connectivity index (χ0v) is 18.6. The van der Waals surface area contributed by atoms with Crippen molar-refractivity contribution in [1.82, 2.24) is 14.6 Å². The van der Waals surface area contributed by atoms with Gasteiger partial charge < -0.3 is 5.32 Å². The van der Waals surface area contributed by atoms with Crippen molar-refractivity contribution >= 4 is 10.0 Å². The first-order valence-electron chi connectivity index (χ1n) is 10.5. The molecule has 0 radical (unpaired) electrons. The third-order valence-electron chi connectivity index (χ3n) is 5.64. The molecule has 0 saturated carbocycles. The van der Waals surface area contributed by atoms with Gasteiger partial charge in [-0.05, 0) is 79.6 Å². The Kier molecular flexibility index (Phi) is 7.09. The molecule has 0 amide bonds. The van der Waals surface area contributed by atoms with Crippen molar-refractivity contribution in [1.29, 1.82) is 0 Å². The van der Waals surface area contributed by atoms with Crippen LogP contribution in [0.25, 0.3) is 0 Å². The van der Waals surface area contributed by atoms with Gasteiger partial charge in [-0.3, -0.25) is 4.98 Å². The summed E-state index contributed by atoms with van der Waals surface area (Å²) in [5.41, 5.74) is 2.33. The second-order valence-electron chi connectivity index (χ2n) is 8.83. The fourth-order valence-corrected chi connectivity index (χ4v) is 5.57. The Balaban J connectivity index is 1.79. The Morgan fingerprint density at radius 1 is 1.03 bits per heavy atom. The summed E-state index contributed by atoms with van der Waals surface area (Å²) < 4.78 is 28.8. The Bertz CT molecular complexity index is 869. The highest BCUT2D eigenvalue weighted by atomic mass is 32.2. The van der Waals surface area contributed by atoms with E-state index in [1.807, 2.05) is 24.3 Å². The van der Waals surface area contributed by atoms with Crippen molar-refractivity contribution in [2.24, 2.45) is 0 Å². The van der Waals surface area contributed by atoms with Crippen LogP contribution >= 0.6 is 0 Å². The summed E-state index contributed by atoms with van der Waals surface area (Å²) in [6, 6.07) is 11.5. The van der Waals surface area contributed by atoms with Crippen LogP contribution in [0.3, 0.4) is 0 Å². The van der Waals surface area contributed by atoms with Crippen LogP contribution in [0.4, 0.5) is 0 Å². The Morgan fingerprint density at radius 3 is 2.24 bits per heavy atom. The van der Waals surface area contributed by atoms with Crippen molar-refractivity contribution < 1.29 is 8.42 Å². The lowest BCUT2D eigenvalue weighted by molar-refractivity contribution is 0.260. The van der Waals surface area contributed by atoms with E-state index in [9.17, 15) is 8.42 Å². The zero-order valence-electron chi connectivity index (χ0n) is 17.8. The predicted octanol–water partition coefficient (Wildman–Crippen LogP) is 3.75. The number of benzene rings is 1. The molecule has 0 bridgehead atoms. The lowest BCUT2D eigenvalue weighted by atomic mass is 9.87. The van der Waals surface area contributed by atoms with Gasteiger partial charge in [0.25, 0.3) is 0 Å². The number of nitrogens with one attached hydrogen (secondary N) is 1. The lowest BCUT2D eigenvalue weighted by Crippen LogP contribution is -2.46. The second kappa shape index (κ2) is 9.37. The summed E-state index contributed by atoms with van der Waals surface area (Å²) >= 11 is 0. The molecular weight excluding hydrogens is 382 g/mol. The number of rotatable bonds is 7. The number of piperidine rings is 1. The molecule has 1 aromatic heterocycles. The van der Waals surface area contributed by atoms with Crippen molar-refractivity contribution in [2.45, 2.75) is 62.8 Å². The molecule has 29 heavy (non-hydrogen) atoms. The molecule has 1 aliphatic heterocycles. The number of aryl methyl sites for hydroxylation is 1. The second-order valence-corrected chi connectivity index (χ2v) is 10.7. The van der Waals surface area contributed by atoms with Gasteiger partial charge in [-0.1, -0.05) is 32.9 Å². The van der Waals surface area contributed by atoms with Crippen LogP contribution in [0.15, 0.2) is 53.7 Å². The van der Waals surface area contributed by atoms with Gasteiger partial charge in [0.1, 0.15) is 0 Å². The Labute approximate surface area is 175 Å². The minimum absolute atomic E-state index is 0.00155. The highest BCUT2D eigenvalue weighted by molar-refractivity contribution is 7.89. The maximum Gasteiger partial charge on any atom is 0.243 e. The van der Waals surface area contributed by atoms with Gasteiger partial charge >= 0.3 is 0 Å². The average molecular weight is 416 g/mol. The van der Waals surface area contributed by atoms with Crippen LogP contribution in [0, 0.1) is 0 Å². The van der Waals surface area contributed by atoms with Gasteiger partial charge in [0.05, 0.1) is 4.90 Å². The van der Waals surface area contributed by atoms with Crippen molar-refractivity contribution in [3.8, 4) is 0 Å². The van der Waals surface area contributed by atoms with Crippen molar-refractivity contribution in [2.75, 3.05) is 19.6 Å². The van der Waals surface area contributed by atoms with Crippen LogP contribution in [-0.2, 0) is 21.9 Å². The SMILES string of the molecule is CC(C)(C)c1ccc(S(=O)(=O)N(CCCc2ccncc2)C2CCNCC2)cc1. The largest absolute Gasteiger partial charge is 0.317 e. The first-order valence-corrected chi connectivity index (χ1v) is 11.9. The van der Waals surface area contributed by atoms with Gasteiger partial charge in [-0.15, -0.1) is 0 Å². The minimum atomic E-state index is -3.52. The molecule has 1 N–H and O–H groups in total. The van der Waals surface area contributed by atoms with E-state index in [1.165, 1.54) is 5.56 Å². The number of hydrogen-bond donors (Lipinski definition) is 1. The summed E-state index contributed by atoms with van der Waals surface area (Å²) in [7, 11) is -3.52. The Morgan fingerprint density at radius 2 is 1.66 bits per heavy atom.